The molecular formula is C11H10Cl2N2OS. The van der Waals surface area contributed by atoms with Gasteiger partial charge in [0.2, 0.25) is 0 Å². The summed E-state index contributed by atoms with van der Waals surface area (Å²) >= 11 is 12.9. The van der Waals surface area contributed by atoms with Gasteiger partial charge in [0.25, 0.3) is 5.91 Å². The van der Waals surface area contributed by atoms with Crippen LogP contribution < -0.4 is 5.32 Å². The molecule has 0 heterocycles. The Bertz CT molecular complexity index is 459. The highest BCUT2D eigenvalue weighted by molar-refractivity contribution is 8.00. The van der Waals surface area contributed by atoms with Gasteiger partial charge in [-0.15, -0.1) is 11.8 Å². The second kappa shape index (κ2) is 6.75. The molecule has 0 spiro atoms. The quantitative estimate of drug-likeness (QED) is 0.865. The lowest BCUT2D eigenvalue weighted by atomic mass is 10.2. The van der Waals surface area contributed by atoms with Crippen LogP contribution in [0, 0.1) is 11.3 Å². The molecule has 3 nitrogen and oxygen atoms in total. The first-order valence-electron chi connectivity index (χ1n) is 4.85. The van der Waals surface area contributed by atoms with E-state index >= 15 is 0 Å². The Kier molecular flexibility index (Phi) is 5.63. The Hall–Kier alpha value is -0.890. The van der Waals surface area contributed by atoms with Crippen molar-refractivity contribution in [2.75, 3.05) is 5.75 Å². The van der Waals surface area contributed by atoms with Gasteiger partial charge in [-0.1, -0.05) is 30.1 Å². The Morgan fingerprint density at radius 2 is 2.24 bits per heavy atom. The van der Waals surface area contributed by atoms with Crippen molar-refractivity contribution in [3.63, 3.8) is 0 Å². The SMILES string of the molecule is CCSC(C#N)NC(=O)c1ccc(Cl)c(Cl)c1. The van der Waals surface area contributed by atoms with E-state index in [1.54, 1.807) is 12.1 Å². The summed E-state index contributed by atoms with van der Waals surface area (Å²) in [5.41, 5.74) is 0.386. The molecule has 0 aromatic heterocycles. The van der Waals surface area contributed by atoms with E-state index in [2.05, 4.69) is 5.32 Å². The van der Waals surface area contributed by atoms with Crippen molar-refractivity contribution in [2.24, 2.45) is 0 Å². The molecule has 90 valence electrons. The van der Waals surface area contributed by atoms with Gasteiger partial charge in [0.1, 0.15) is 0 Å². The van der Waals surface area contributed by atoms with E-state index < -0.39 is 5.37 Å². The highest BCUT2D eigenvalue weighted by atomic mass is 35.5. The molecule has 1 aromatic rings. The second-order valence-corrected chi connectivity index (χ2v) is 5.26. The Morgan fingerprint density at radius 3 is 2.76 bits per heavy atom. The van der Waals surface area contributed by atoms with Crippen molar-refractivity contribution in [1.29, 1.82) is 5.26 Å². The molecule has 0 aliphatic heterocycles. The monoisotopic (exact) mass is 288 g/mol. The van der Waals surface area contributed by atoms with Crippen LogP contribution in [-0.2, 0) is 0 Å². The lowest BCUT2D eigenvalue weighted by Gasteiger charge is -2.10. The molecular weight excluding hydrogens is 279 g/mol. The van der Waals surface area contributed by atoms with Gasteiger partial charge in [0.05, 0.1) is 16.1 Å². The maximum absolute atomic E-state index is 11.8. The first-order valence-corrected chi connectivity index (χ1v) is 6.66. The van der Waals surface area contributed by atoms with E-state index in [-0.39, 0.29) is 5.91 Å². The van der Waals surface area contributed by atoms with E-state index in [9.17, 15) is 4.79 Å². The number of nitrogens with zero attached hydrogens (tertiary/aromatic N) is 1. The number of nitrogens with one attached hydrogen (secondary N) is 1. The molecule has 17 heavy (non-hydrogen) atoms. The summed E-state index contributed by atoms with van der Waals surface area (Å²) in [5, 5.41) is 11.6. The fourth-order valence-corrected chi connectivity index (χ4v) is 2.01. The number of carbonyl (C=O) groups is 1. The maximum Gasteiger partial charge on any atom is 0.252 e. The van der Waals surface area contributed by atoms with Crippen LogP contribution in [0.3, 0.4) is 0 Å². The summed E-state index contributed by atoms with van der Waals surface area (Å²) in [6, 6.07) is 6.59. The summed E-state index contributed by atoms with van der Waals surface area (Å²) in [4.78, 5) is 11.8. The molecule has 0 saturated carbocycles. The summed E-state index contributed by atoms with van der Waals surface area (Å²) in [6.07, 6.45) is 0. The minimum Gasteiger partial charge on any atom is -0.328 e. The number of halogens is 2. The predicted molar refractivity (Wildman–Crippen MR) is 71.5 cm³/mol. The summed E-state index contributed by atoms with van der Waals surface area (Å²) < 4.78 is 0. The highest BCUT2D eigenvalue weighted by Crippen LogP contribution is 2.22. The zero-order valence-corrected chi connectivity index (χ0v) is 11.4. The van der Waals surface area contributed by atoms with Crippen molar-refractivity contribution >= 4 is 40.9 Å². The van der Waals surface area contributed by atoms with Gasteiger partial charge < -0.3 is 5.32 Å². The molecule has 0 saturated heterocycles. The minimum absolute atomic E-state index is 0.316. The van der Waals surface area contributed by atoms with Crippen molar-refractivity contribution < 1.29 is 4.79 Å². The van der Waals surface area contributed by atoms with Crippen molar-refractivity contribution in [3.05, 3.63) is 33.8 Å². The molecule has 1 rings (SSSR count). The average molecular weight is 289 g/mol. The number of amides is 1. The van der Waals surface area contributed by atoms with E-state index in [1.165, 1.54) is 17.8 Å². The van der Waals surface area contributed by atoms with Crippen LogP contribution in [0.2, 0.25) is 10.0 Å². The molecule has 0 radical (unpaired) electrons. The summed E-state index contributed by atoms with van der Waals surface area (Å²) in [5.74, 6) is 0.413. The molecule has 1 amide bonds. The molecule has 0 fully saturated rings. The molecule has 1 N–H and O–H groups in total. The molecule has 0 aliphatic carbocycles. The van der Waals surface area contributed by atoms with Gasteiger partial charge >= 0.3 is 0 Å². The maximum atomic E-state index is 11.8. The van der Waals surface area contributed by atoms with Crippen molar-refractivity contribution in [3.8, 4) is 6.07 Å². The molecule has 0 aliphatic rings. The first kappa shape index (κ1) is 14.2. The van der Waals surface area contributed by atoms with Crippen LogP contribution in [0.15, 0.2) is 18.2 Å². The van der Waals surface area contributed by atoms with Crippen LogP contribution in [0.25, 0.3) is 0 Å². The molecule has 1 unspecified atom stereocenters. The van der Waals surface area contributed by atoms with Gasteiger partial charge in [-0.2, -0.15) is 5.26 Å². The number of nitriles is 1. The van der Waals surface area contributed by atoms with Gasteiger partial charge in [-0.3, -0.25) is 4.79 Å². The van der Waals surface area contributed by atoms with Crippen LogP contribution in [0.5, 0.6) is 0 Å². The van der Waals surface area contributed by atoms with E-state index in [0.29, 0.717) is 15.6 Å². The second-order valence-electron chi connectivity index (χ2n) is 3.07. The van der Waals surface area contributed by atoms with Gasteiger partial charge in [0, 0.05) is 5.56 Å². The number of rotatable bonds is 4. The number of carbonyl (C=O) groups excluding carboxylic acids is 1. The lowest BCUT2D eigenvalue weighted by molar-refractivity contribution is 0.0955. The molecule has 1 aromatic carbocycles. The molecule has 1 atom stereocenters. The van der Waals surface area contributed by atoms with Gasteiger partial charge in [-0.05, 0) is 24.0 Å². The smallest absolute Gasteiger partial charge is 0.252 e. The van der Waals surface area contributed by atoms with E-state index in [1.807, 2.05) is 13.0 Å². The van der Waals surface area contributed by atoms with E-state index in [0.717, 1.165) is 5.75 Å². The first-order chi connectivity index (χ1) is 8.08. The van der Waals surface area contributed by atoms with Crippen LogP contribution in [-0.4, -0.2) is 17.0 Å². The minimum atomic E-state index is -0.554. The largest absolute Gasteiger partial charge is 0.328 e. The summed E-state index contributed by atoms with van der Waals surface area (Å²) in [7, 11) is 0. The zero-order chi connectivity index (χ0) is 12.8. The topological polar surface area (TPSA) is 52.9 Å². The van der Waals surface area contributed by atoms with Crippen molar-refractivity contribution in [2.45, 2.75) is 12.3 Å². The van der Waals surface area contributed by atoms with Gasteiger partial charge in [0.15, 0.2) is 5.37 Å². The Balaban J connectivity index is 2.76. The zero-order valence-electron chi connectivity index (χ0n) is 9.04. The third-order valence-corrected chi connectivity index (χ3v) is 3.52. The summed E-state index contributed by atoms with van der Waals surface area (Å²) in [6.45, 7) is 1.92. The van der Waals surface area contributed by atoms with Crippen LogP contribution in [0.1, 0.15) is 17.3 Å². The molecule has 0 bridgehead atoms. The van der Waals surface area contributed by atoms with Crippen LogP contribution >= 0.6 is 35.0 Å². The number of benzene rings is 1. The average Bonchev–Trinajstić information content (AvgIpc) is 2.31. The Morgan fingerprint density at radius 1 is 1.53 bits per heavy atom. The number of thioether (sulfide) groups is 1. The number of hydrogen-bond donors (Lipinski definition) is 1. The van der Waals surface area contributed by atoms with Gasteiger partial charge in [-0.25, -0.2) is 0 Å². The van der Waals surface area contributed by atoms with Crippen molar-refractivity contribution in [1.82, 2.24) is 5.32 Å². The Labute approximate surface area is 114 Å². The highest BCUT2D eigenvalue weighted by Gasteiger charge is 2.13. The lowest BCUT2D eigenvalue weighted by Crippen LogP contribution is -2.31. The third kappa shape index (κ3) is 4.12. The molecule has 6 heteroatoms. The number of hydrogen-bond acceptors (Lipinski definition) is 3. The van der Waals surface area contributed by atoms with Crippen LogP contribution in [0.4, 0.5) is 0 Å². The fraction of sp³-hybridized carbons (Fsp3) is 0.273. The predicted octanol–water partition coefficient (Wildman–Crippen LogP) is 3.33. The fourth-order valence-electron chi connectivity index (χ4n) is 1.12. The third-order valence-electron chi connectivity index (χ3n) is 1.89. The normalized spacial score (nSPS) is 11.6. The standard InChI is InChI=1S/C11H10Cl2N2OS/c1-2-17-10(6-14)15-11(16)7-3-4-8(12)9(13)5-7/h3-5,10H,2H2,1H3,(H,15,16). The van der Waals surface area contributed by atoms with E-state index in [4.69, 9.17) is 28.5 Å².